The van der Waals surface area contributed by atoms with Gasteiger partial charge in [-0.3, -0.25) is 9.69 Å². The van der Waals surface area contributed by atoms with Crippen molar-refractivity contribution in [3.63, 3.8) is 0 Å². The summed E-state index contributed by atoms with van der Waals surface area (Å²) < 4.78 is 28.8. The largest absolute Gasteiger partial charge is 0.597 e. The van der Waals surface area contributed by atoms with Crippen LogP contribution in [0.3, 0.4) is 0 Å². The van der Waals surface area contributed by atoms with Crippen molar-refractivity contribution in [2.75, 3.05) is 22.9 Å². The molecule has 176 valence electrons. The minimum Gasteiger partial charge on any atom is -0.597 e. The first-order valence-corrected chi connectivity index (χ1v) is 12.1. The summed E-state index contributed by atoms with van der Waals surface area (Å²) in [6.07, 6.45) is -1.23. The molecule has 4 rings (SSSR count). The van der Waals surface area contributed by atoms with Crippen molar-refractivity contribution in [3.8, 4) is 0 Å². The molecule has 9 nitrogen and oxygen atoms in total. The Balaban J connectivity index is 1.96. The second-order valence-corrected chi connectivity index (χ2v) is 9.84. The molecule has 1 atom stereocenters. The van der Waals surface area contributed by atoms with Crippen LogP contribution in [0.1, 0.15) is 11.7 Å². The molecule has 0 fully saturated rings. The average molecular weight is 521 g/mol. The normalized spacial score (nSPS) is 15.9. The molecular weight excluding hydrogens is 503 g/mol. The van der Waals surface area contributed by atoms with Crippen molar-refractivity contribution < 1.29 is 22.9 Å². The van der Waals surface area contributed by atoms with Gasteiger partial charge in [0.25, 0.3) is 22.5 Å². The summed E-state index contributed by atoms with van der Waals surface area (Å²) in [5, 5.41) is 15.7. The van der Waals surface area contributed by atoms with Crippen molar-refractivity contribution in [2.45, 2.75) is 11.1 Å². The molecule has 3 aromatic carbocycles. The van der Waals surface area contributed by atoms with Gasteiger partial charge in [-0.15, -0.1) is 0 Å². The van der Waals surface area contributed by atoms with E-state index in [2.05, 4.69) is 10.1 Å². The highest BCUT2D eigenvalue weighted by Gasteiger charge is 2.47. The van der Waals surface area contributed by atoms with Crippen LogP contribution in [0, 0.1) is 5.21 Å². The first-order chi connectivity index (χ1) is 16.3. The highest BCUT2D eigenvalue weighted by atomic mass is 35.5. The number of amides is 1. The molecule has 0 spiro atoms. The lowest BCUT2D eigenvalue weighted by Gasteiger charge is -2.31. The Bertz CT molecular complexity index is 1370. The zero-order chi connectivity index (χ0) is 24.5. The Labute approximate surface area is 206 Å². The number of halogens is 2. The van der Waals surface area contributed by atoms with Crippen molar-refractivity contribution in [1.82, 2.24) is 0 Å². The maximum atomic E-state index is 13.9. The number of hydroxylamine groups is 1. The van der Waals surface area contributed by atoms with Crippen molar-refractivity contribution in [3.05, 3.63) is 93.6 Å². The van der Waals surface area contributed by atoms with Gasteiger partial charge in [0, 0.05) is 15.6 Å². The molecule has 1 unspecified atom stereocenters. The van der Waals surface area contributed by atoms with E-state index in [-0.39, 0.29) is 26.2 Å². The topological polar surface area (TPSA) is 105 Å². The predicted molar refractivity (Wildman–Crippen MR) is 127 cm³/mol. The summed E-state index contributed by atoms with van der Waals surface area (Å²) in [7, 11) is -3.00. The number of hydrogen-bond acceptors (Lipinski definition) is 6. The quantitative estimate of drug-likeness (QED) is 0.264. The molecular formula is C22H18Cl2N4O5S. The van der Waals surface area contributed by atoms with Crippen molar-refractivity contribution in [2.24, 2.45) is 5.28 Å². The zero-order valence-corrected chi connectivity index (χ0v) is 20.0. The number of carbonyl (C=O) groups excluding carboxylic acids is 1. The number of benzene rings is 3. The molecule has 3 aromatic rings. The third kappa shape index (κ3) is 4.27. The third-order valence-corrected chi connectivity index (χ3v) is 7.44. The van der Waals surface area contributed by atoms with Crippen LogP contribution >= 0.6 is 23.2 Å². The monoisotopic (exact) mass is 520 g/mol. The van der Waals surface area contributed by atoms with Gasteiger partial charge in [0.15, 0.2) is 11.4 Å². The standard InChI is InChI=1S/C22H18Cl2N4O5S/c1-33-25-26(30)14-21(29)27-19-9-5-6-10-20(19)28(34(31,32)16-7-3-2-4-8-16)22(27)17-12-11-15(23)13-18(17)24/h2-13,22H,14H2,1H3/b26-25-. The molecule has 12 heteroatoms. The maximum absolute atomic E-state index is 13.9. The van der Waals surface area contributed by atoms with Crippen LogP contribution in [-0.4, -0.2) is 32.8 Å². The first-order valence-electron chi connectivity index (χ1n) is 9.90. The fourth-order valence-electron chi connectivity index (χ4n) is 3.75. The van der Waals surface area contributed by atoms with Crippen LogP contribution in [0.15, 0.2) is 83.0 Å². The molecule has 0 bridgehead atoms. The number of anilines is 2. The Morgan fingerprint density at radius 1 is 1.06 bits per heavy atom. The summed E-state index contributed by atoms with van der Waals surface area (Å²) in [4.78, 5) is 19.1. The molecule has 0 saturated heterocycles. The molecule has 0 radical (unpaired) electrons. The molecule has 1 aliphatic heterocycles. The average Bonchev–Trinajstić information content (AvgIpc) is 3.15. The van der Waals surface area contributed by atoms with Crippen molar-refractivity contribution in [1.29, 1.82) is 0 Å². The number of fused-ring (bicyclic) bond motifs is 1. The summed E-state index contributed by atoms with van der Waals surface area (Å²) in [5.41, 5.74) is 0.835. The van der Waals surface area contributed by atoms with Gasteiger partial charge in [0.1, 0.15) is 7.11 Å². The molecule has 1 aliphatic rings. The lowest BCUT2D eigenvalue weighted by molar-refractivity contribution is -0.546. The third-order valence-electron chi connectivity index (χ3n) is 5.10. The highest BCUT2D eigenvalue weighted by Crippen LogP contribution is 2.50. The van der Waals surface area contributed by atoms with Crippen LogP contribution in [0.4, 0.5) is 11.4 Å². The van der Waals surface area contributed by atoms with Gasteiger partial charge >= 0.3 is 0 Å². The molecule has 34 heavy (non-hydrogen) atoms. The van der Waals surface area contributed by atoms with Gasteiger partial charge in [-0.2, -0.15) is 0 Å². The van der Waals surface area contributed by atoms with E-state index in [4.69, 9.17) is 23.2 Å². The SMILES string of the molecule is CO/N=[N+](\[O-])CC(=O)N1c2ccccc2N(S(=O)(=O)c2ccccc2)C1c1ccc(Cl)cc1Cl. The summed E-state index contributed by atoms with van der Waals surface area (Å²) in [6.45, 7) is -0.719. The van der Waals surface area contributed by atoms with E-state index >= 15 is 0 Å². The number of carbonyl (C=O) groups is 1. The lowest BCUT2D eigenvalue weighted by atomic mass is 10.1. The van der Waals surface area contributed by atoms with E-state index < -0.39 is 28.6 Å². The maximum Gasteiger partial charge on any atom is 0.298 e. The molecule has 1 heterocycles. The number of hydrogen-bond donors (Lipinski definition) is 0. The first kappa shape index (κ1) is 23.8. The Morgan fingerprint density at radius 2 is 1.71 bits per heavy atom. The van der Waals surface area contributed by atoms with Crippen molar-refractivity contribution >= 4 is 50.5 Å². The second kappa shape index (κ2) is 9.49. The number of para-hydroxylation sites is 2. The fraction of sp³-hybridized carbons (Fsp3) is 0.136. The summed E-state index contributed by atoms with van der Waals surface area (Å²) in [5.74, 6) is -0.718. The van der Waals surface area contributed by atoms with Gasteiger partial charge in [0.05, 0.1) is 16.3 Å². The minimum absolute atomic E-state index is 0.0222. The molecule has 0 saturated carbocycles. The summed E-state index contributed by atoms with van der Waals surface area (Å²) >= 11 is 12.6. The van der Waals surface area contributed by atoms with E-state index in [1.54, 1.807) is 54.6 Å². The van der Waals surface area contributed by atoms with Crippen LogP contribution < -0.4 is 9.21 Å². The van der Waals surface area contributed by atoms with E-state index in [0.717, 1.165) is 4.31 Å². The highest BCUT2D eigenvalue weighted by molar-refractivity contribution is 7.92. The van der Waals surface area contributed by atoms with Gasteiger partial charge in [-0.05, 0) is 41.3 Å². The fourth-order valence-corrected chi connectivity index (χ4v) is 5.87. The van der Waals surface area contributed by atoms with Crippen LogP contribution in [-0.2, 0) is 19.7 Å². The molecule has 0 N–H and O–H groups in total. The molecule has 0 aromatic heterocycles. The number of nitrogens with zero attached hydrogens (tertiary/aromatic N) is 4. The van der Waals surface area contributed by atoms with Crippen LogP contribution in [0.5, 0.6) is 0 Å². The minimum atomic E-state index is -4.17. The number of rotatable bonds is 6. The Kier molecular flexibility index (Phi) is 6.65. The Hall–Kier alpha value is -3.34. The van der Waals surface area contributed by atoms with Gasteiger partial charge in [-0.25, -0.2) is 12.7 Å². The predicted octanol–water partition coefficient (Wildman–Crippen LogP) is 4.76. The van der Waals surface area contributed by atoms with E-state index in [0.29, 0.717) is 10.6 Å². The summed E-state index contributed by atoms with van der Waals surface area (Å²) in [6, 6.07) is 18.8. The van der Waals surface area contributed by atoms with E-state index in [1.165, 1.54) is 30.2 Å². The molecule has 1 amide bonds. The van der Waals surface area contributed by atoms with Gasteiger partial charge in [-0.1, -0.05) is 59.6 Å². The van der Waals surface area contributed by atoms with Gasteiger partial charge < -0.3 is 10.0 Å². The van der Waals surface area contributed by atoms with E-state index in [9.17, 15) is 18.4 Å². The van der Waals surface area contributed by atoms with Crippen LogP contribution in [0.25, 0.3) is 0 Å². The lowest BCUT2D eigenvalue weighted by Crippen LogP contribution is -2.44. The number of sulfonamides is 1. The van der Waals surface area contributed by atoms with Crippen LogP contribution in [0.2, 0.25) is 10.0 Å². The van der Waals surface area contributed by atoms with Gasteiger partial charge in [0.2, 0.25) is 0 Å². The Morgan fingerprint density at radius 3 is 2.35 bits per heavy atom. The second-order valence-electron chi connectivity index (χ2n) is 7.18. The van der Waals surface area contributed by atoms with E-state index in [1.807, 2.05) is 0 Å². The smallest absolute Gasteiger partial charge is 0.298 e. The molecule has 0 aliphatic carbocycles. The zero-order valence-electron chi connectivity index (χ0n) is 17.7.